The van der Waals surface area contributed by atoms with E-state index < -0.39 is 0 Å². The Balaban J connectivity index is 4.04. The SMILES string of the molecule is COC(/C=C/C=C(\C)[C@@H](C)N)CN. The Labute approximate surface area is 80.4 Å². The maximum absolute atomic E-state index is 5.66. The molecule has 76 valence electrons. The first-order valence-electron chi connectivity index (χ1n) is 4.45. The quantitative estimate of drug-likeness (QED) is 0.622. The number of ether oxygens (including phenoxy) is 1. The smallest absolute Gasteiger partial charge is 0.0877 e. The van der Waals surface area contributed by atoms with Crippen LogP contribution in [0.1, 0.15) is 13.8 Å². The van der Waals surface area contributed by atoms with Gasteiger partial charge >= 0.3 is 0 Å². The van der Waals surface area contributed by atoms with Crippen molar-refractivity contribution in [2.24, 2.45) is 11.5 Å². The van der Waals surface area contributed by atoms with Crippen LogP contribution in [0, 0.1) is 0 Å². The first-order valence-corrected chi connectivity index (χ1v) is 4.45. The molecule has 0 aliphatic rings. The van der Waals surface area contributed by atoms with Crippen molar-refractivity contribution in [1.82, 2.24) is 0 Å². The zero-order valence-electron chi connectivity index (χ0n) is 8.66. The van der Waals surface area contributed by atoms with Gasteiger partial charge in [-0.15, -0.1) is 0 Å². The lowest BCUT2D eigenvalue weighted by Gasteiger charge is -2.06. The fourth-order valence-electron chi connectivity index (χ4n) is 0.736. The minimum Gasteiger partial charge on any atom is -0.376 e. The summed E-state index contributed by atoms with van der Waals surface area (Å²) in [5.74, 6) is 0. The lowest BCUT2D eigenvalue weighted by Crippen LogP contribution is -2.19. The van der Waals surface area contributed by atoms with Gasteiger partial charge in [0.1, 0.15) is 0 Å². The molecule has 3 nitrogen and oxygen atoms in total. The molecule has 0 saturated heterocycles. The summed E-state index contributed by atoms with van der Waals surface area (Å²) in [6.07, 6.45) is 5.83. The largest absolute Gasteiger partial charge is 0.376 e. The summed E-state index contributed by atoms with van der Waals surface area (Å²) in [6.45, 7) is 4.45. The molecule has 0 bridgehead atoms. The predicted molar refractivity (Wildman–Crippen MR) is 56.4 cm³/mol. The van der Waals surface area contributed by atoms with Crippen LogP contribution in [0.5, 0.6) is 0 Å². The second-order valence-electron chi connectivity index (χ2n) is 3.09. The van der Waals surface area contributed by atoms with E-state index in [2.05, 4.69) is 0 Å². The maximum Gasteiger partial charge on any atom is 0.0877 e. The van der Waals surface area contributed by atoms with Crippen molar-refractivity contribution in [2.45, 2.75) is 26.0 Å². The molecule has 3 heteroatoms. The Kier molecular flexibility index (Phi) is 6.49. The van der Waals surface area contributed by atoms with Gasteiger partial charge in [0.05, 0.1) is 6.10 Å². The summed E-state index contributed by atoms with van der Waals surface area (Å²) >= 11 is 0. The highest BCUT2D eigenvalue weighted by molar-refractivity contribution is 5.15. The fraction of sp³-hybridized carbons (Fsp3) is 0.600. The zero-order valence-corrected chi connectivity index (χ0v) is 8.66. The van der Waals surface area contributed by atoms with E-state index in [1.54, 1.807) is 7.11 Å². The highest BCUT2D eigenvalue weighted by atomic mass is 16.5. The van der Waals surface area contributed by atoms with Gasteiger partial charge in [0.2, 0.25) is 0 Å². The van der Waals surface area contributed by atoms with Crippen LogP contribution in [0.15, 0.2) is 23.8 Å². The molecule has 4 N–H and O–H groups in total. The standard InChI is InChI=1S/C10H20N2O/c1-8(9(2)12)5-4-6-10(7-11)13-3/h4-6,9-10H,7,11-12H2,1-3H3/b6-4+,8-5+/t9-,10?/m1/s1. The van der Waals surface area contributed by atoms with Crippen molar-refractivity contribution in [3.05, 3.63) is 23.8 Å². The molecule has 0 aromatic carbocycles. The van der Waals surface area contributed by atoms with Gasteiger partial charge in [-0.25, -0.2) is 0 Å². The van der Waals surface area contributed by atoms with Crippen LogP contribution in [0.3, 0.4) is 0 Å². The number of rotatable bonds is 5. The highest BCUT2D eigenvalue weighted by Gasteiger charge is 1.96. The normalized spacial score (nSPS) is 17.8. The Morgan fingerprint density at radius 3 is 2.54 bits per heavy atom. The fourth-order valence-corrected chi connectivity index (χ4v) is 0.736. The average Bonchev–Trinajstić information content (AvgIpc) is 2.12. The second kappa shape index (κ2) is 6.83. The molecule has 0 aliphatic carbocycles. The third-order valence-electron chi connectivity index (χ3n) is 1.94. The van der Waals surface area contributed by atoms with Crippen LogP contribution in [0.25, 0.3) is 0 Å². The maximum atomic E-state index is 5.66. The minimum atomic E-state index is -0.00266. The third kappa shape index (κ3) is 5.58. The Morgan fingerprint density at radius 1 is 1.54 bits per heavy atom. The predicted octanol–water partition coefficient (Wildman–Crippen LogP) is 0.810. The van der Waals surface area contributed by atoms with E-state index in [0.717, 1.165) is 5.57 Å². The number of nitrogens with two attached hydrogens (primary N) is 2. The van der Waals surface area contributed by atoms with Crippen LogP contribution in [0.4, 0.5) is 0 Å². The van der Waals surface area contributed by atoms with Crippen molar-refractivity contribution in [3.63, 3.8) is 0 Å². The summed E-state index contributed by atoms with van der Waals surface area (Å²) in [5.41, 5.74) is 12.2. The van der Waals surface area contributed by atoms with Crippen LogP contribution < -0.4 is 11.5 Å². The van der Waals surface area contributed by atoms with Gasteiger partial charge in [-0.1, -0.05) is 23.8 Å². The first-order chi connectivity index (χ1) is 6.11. The molecular weight excluding hydrogens is 164 g/mol. The van der Waals surface area contributed by atoms with Crippen molar-refractivity contribution in [3.8, 4) is 0 Å². The molecule has 0 radical (unpaired) electrons. The van der Waals surface area contributed by atoms with E-state index >= 15 is 0 Å². The van der Waals surface area contributed by atoms with Crippen molar-refractivity contribution in [1.29, 1.82) is 0 Å². The lowest BCUT2D eigenvalue weighted by molar-refractivity contribution is 0.147. The van der Waals surface area contributed by atoms with Crippen molar-refractivity contribution >= 4 is 0 Å². The van der Waals surface area contributed by atoms with E-state index in [0.29, 0.717) is 6.54 Å². The number of methoxy groups -OCH3 is 1. The Morgan fingerprint density at radius 2 is 2.15 bits per heavy atom. The molecule has 0 heterocycles. The van der Waals surface area contributed by atoms with Gasteiger partial charge in [-0.05, 0) is 13.8 Å². The van der Waals surface area contributed by atoms with Gasteiger partial charge in [0.25, 0.3) is 0 Å². The van der Waals surface area contributed by atoms with Crippen LogP contribution in [-0.4, -0.2) is 25.8 Å². The van der Waals surface area contributed by atoms with Gasteiger partial charge in [0.15, 0.2) is 0 Å². The molecular formula is C10H20N2O. The van der Waals surface area contributed by atoms with Gasteiger partial charge < -0.3 is 16.2 Å². The summed E-state index contributed by atoms with van der Waals surface area (Å²) in [7, 11) is 1.64. The summed E-state index contributed by atoms with van der Waals surface area (Å²) in [6, 6.07) is 0.100. The molecule has 0 spiro atoms. The Hall–Kier alpha value is -0.640. The molecule has 2 atom stereocenters. The van der Waals surface area contributed by atoms with E-state index in [4.69, 9.17) is 16.2 Å². The molecule has 0 saturated carbocycles. The zero-order chi connectivity index (χ0) is 10.3. The average molecular weight is 184 g/mol. The molecule has 0 aliphatic heterocycles. The summed E-state index contributed by atoms with van der Waals surface area (Å²) in [4.78, 5) is 0. The lowest BCUT2D eigenvalue weighted by atomic mass is 10.1. The van der Waals surface area contributed by atoms with Crippen LogP contribution in [0.2, 0.25) is 0 Å². The second-order valence-corrected chi connectivity index (χ2v) is 3.09. The summed E-state index contributed by atoms with van der Waals surface area (Å²) in [5, 5.41) is 0. The number of allylic oxidation sites excluding steroid dienone is 2. The molecule has 0 rings (SSSR count). The van der Waals surface area contributed by atoms with E-state index in [-0.39, 0.29) is 12.1 Å². The van der Waals surface area contributed by atoms with Crippen LogP contribution in [-0.2, 0) is 4.74 Å². The molecule has 0 aromatic heterocycles. The van der Waals surface area contributed by atoms with Gasteiger partial charge in [-0.3, -0.25) is 0 Å². The van der Waals surface area contributed by atoms with E-state index in [9.17, 15) is 0 Å². The summed E-state index contributed by atoms with van der Waals surface area (Å²) < 4.78 is 5.07. The van der Waals surface area contributed by atoms with Crippen molar-refractivity contribution in [2.75, 3.05) is 13.7 Å². The van der Waals surface area contributed by atoms with Crippen LogP contribution >= 0.6 is 0 Å². The molecule has 0 fully saturated rings. The van der Waals surface area contributed by atoms with Crippen molar-refractivity contribution < 1.29 is 4.74 Å². The molecule has 13 heavy (non-hydrogen) atoms. The topological polar surface area (TPSA) is 61.3 Å². The molecule has 1 unspecified atom stereocenters. The first kappa shape index (κ1) is 12.4. The molecule has 0 aromatic rings. The monoisotopic (exact) mass is 184 g/mol. The molecule has 0 amide bonds. The highest BCUT2D eigenvalue weighted by Crippen LogP contribution is 1.98. The Bertz CT molecular complexity index is 181. The minimum absolute atomic E-state index is 0.00266. The third-order valence-corrected chi connectivity index (χ3v) is 1.94. The van der Waals surface area contributed by atoms with Gasteiger partial charge in [-0.2, -0.15) is 0 Å². The van der Waals surface area contributed by atoms with E-state index in [1.165, 1.54) is 0 Å². The number of hydrogen-bond acceptors (Lipinski definition) is 3. The van der Waals surface area contributed by atoms with Gasteiger partial charge in [0, 0.05) is 19.7 Å². The van der Waals surface area contributed by atoms with E-state index in [1.807, 2.05) is 32.1 Å². The number of hydrogen-bond donors (Lipinski definition) is 2.